The van der Waals surface area contributed by atoms with E-state index in [0.29, 0.717) is 0 Å². The molecule has 20 heavy (non-hydrogen) atoms. The Labute approximate surface area is 127 Å². The second kappa shape index (κ2) is 5.63. The SMILES string of the molecule is O=C(O)C(Cc1cc(I)ccc1F)NC(=O)C1(F)CC1. The molecule has 0 radical (unpaired) electrons. The summed E-state index contributed by atoms with van der Waals surface area (Å²) < 4.78 is 27.9. The summed E-state index contributed by atoms with van der Waals surface area (Å²) in [6, 6.07) is 2.94. The number of aliphatic carboxylic acids is 1. The van der Waals surface area contributed by atoms with Crippen LogP contribution in [0.3, 0.4) is 0 Å². The summed E-state index contributed by atoms with van der Waals surface area (Å²) in [5, 5.41) is 11.2. The van der Waals surface area contributed by atoms with E-state index in [-0.39, 0.29) is 24.8 Å². The van der Waals surface area contributed by atoms with Crippen molar-refractivity contribution in [1.82, 2.24) is 5.32 Å². The molecule has 1 unspecified atom stereocenters. The number of hydrogen-bond donors (Lipinski definition) is 2. The van der Waals surface area contributed by atoms with Crippen LogP contribution in [0.15, 0.2) is 18.2 Å². The summed E-state index contributed by atoms with van der Waals surface area (Å²) in [6.45, 7) is 0. The third-order valence-corrected chi connectivity index (χ3v) is 3.80. The molecule has 108 valence electrons. The van der Waals surface area contributed by atoms with Crippen LogP contribution in [0.1, 0.15) is 18.4 Å². The van der Waals surface area contributed by atoms with Crippen molar-refractivity contribution in [2.24, 2.45) is 0 Å². The third-order valence-electron chi connectivity index (χ3n) is 3.13. The lowest BCUT2D eigenvalue weighted by Gasteiger charge is -2.16. The van der Waals surface area contributed by atoms with E-state index >= 15 is 0 Å². The van der Waals surface area contributed by atoms with Crippen molar-refractivity contribution in [2.45, 2.75) is 31.0 Å². The van der Waals surface area contributed by atoms with Gasteiger partial charge in [0.25, 0.3) is 5.91 Å². The maximum Gasteiger partial charge on any atom is 0.326 e. The molecule has 4 nitrogen and oxygen atoms in total. The number of alkyl halides is 1. The Balaban J connectivity index is 2.11. The van der Waals surface area contributed by atoms with E-state index in [2.05, 4.69) is 5.32 Å². The second-order valence-corrected chi connectivity index (χ2v) is 6.02. The number of carbonyl (C=O) groups is 2. The first-order valence-corrected chi connectivity index (χ1v) is 7.06. The molecule has 2 N–H and O–H groups in total. The third kappa shape index (κ3) is 3.44. The fraction of sp³-hybridized carbons (Fsp3) is 0.385. The average molecular weight is 395 g/mol. The quantitative estimate of drug-likeness (QED) is 0.751. The van der Waals surface area contributed by atoms with Crippen LogP contribution in [0.4, 0.5) is 8.78 Å². The Morgan fingerprint density at radius 3 is 2.65 bits per heavy atom. The monoisotopic (exact) mass is 395 g/mol. The first-order chi connectivity index (χ1) is 9.32. The Hall–Kier alpha value is -1.25. The number of amides is 1. The minimum atomic E-state index is -1.95. The van der Waals surface area contributed by atoms with E-state index in [9.17, 15) is 18.4 Å². The van der Waals surface area contributed by atoms with Crippen molar-refractivity contribution in [2.75, 3.05) is 0 Å². The minimum Gasteiger partial charge on any atom is -0.480 e. The molecule has 1 fully saturated rings. The first-order valence-electron chi connectivity index (χ1n) is 5.98. The molecule has 1 aliphatic carbocycles. The van der Waals surface area contributed by atoms with Gasteiger partial charge >= 0.3 is 5.97 Å². The maximum absolute atomic E-state index is 13.6. The smallest absolute Gasteiger partial charge is 0.326 e. The summed E-state index contributed by atoms with van der Waals surface area (Å²) in [7, 11) is 0. The molecule has 1 aromatic rings. The number of nitrogens with one attached hydrogen (secondary N) is 1. The predicted octanol–water partition coefficient (Wildman–Crippen LogP) is 2.04. The molecular formula is C13H12F2INO3. The van der Waals surface area contributed by atoms with E-state index in [0.717, 1.165) is 3.57 Å². The highest BCUT2D eigenvalue weighted by Crippen LogP contribution is 2.39. The lowest BCUT2D eigenvalue weighted by atomic mass is 10.1. The van der Waals surface area contributed by atoms with Crippen molar-refractivity contribution in [3.8, 4) is 0 Å². The van der Waals surface area contributed by atoms with Crippen LogP contribution in [-0.2, 0) is 16.0 Å². The molecule has 7 heteroatoms. The number of carbonyl (C=O) groups excluding carboxylic acids is 1. The molecule has 2 rings (SSSR count). The van der Waals surface area contributed by atoms with Gasteiger partial charge in [-0.3, -0.25) is 4.79 Å². The van der Waals surface area contributed by atoms with Gasteiger partial charge in [-0.05, 0) is 59.2 Å². The summed E-state index contributed by atoms with van der Waals surface area (Å²) in [6.07, 6.45) is -0.0225. The molecule has 0 bridgehead atoms. The standard InChI is InChI=1S/C13H12F2INO3/c14-9-2-1-8(16)5-7(9)6-10(11(18)19)17-12(20)13(15)3-4-13/h1-2,5,10H,3-4,6H2,(H,17,20)(H,18,19). The number of benzene rings is 1. The Kier molecular flexibility index (Phi) is 4.26. The van der Waals surface area contributed by atoms with Crippen LogP contribution in [0.5, 0.6) is 0 Å². The lowest BCUT2D eigenvalue weighted by molar-refractivity contribution is -0.142. The Bertz CT molecular complexity index is 561. The van der Waals surface area contributed by atoms with Gasteiger partial charge in [-0.2, -0.15) is 0 Å². The number of carboxylic acids is 1. The van der Waals surface area contributed by atoms with Crippen LogP contribution in [0.2, 0.25) is 0 Å². The van der Waals surface area contributed by atoms with Crippen LogP contribution in [0, 0.1) is 9.39 Å². The Morgan fingerprint density at radius 2 is 2.10 bits per heavy atom. The highest BCUT2D eigenvalue weighted by Gasteiger charge is 2.51. The molecule has 1 aliphatic rings. The first kappa shape index (κ1) is 15.1. The van der Waals surface area contributed by atoms with Gasteiger partial charge in [0.15, 0.2) is 5.67 Å². The fourth-order valence-corrected chi connectivity index (χ4v) is 2.30. The van der Waals surface area contributed by atoms with E-state index < -0.39 is 29.4 Å². The average Bonchev–Trinajstić information content (AvgIpc) is 3.12. The van der Waals surface area contributed by atoms with Gasteiger partial charge in [0.1, 0.15) is 11.9 Å². The van der Waals surface area contributed by atoms with Crippen molar-refractivity contribution < 1.29 is 23.5 Å². The molecule has 0 heterocycles. The van der Waals surface area contributed by atoms with Crippen LogP contribution in [0.25, 0.3) is 0 Å². The zero-order valence-corrected chi connectivity index (χ0v) is 12.5. The van der Waals surface area contributed by atoms with Crippen molar-refractivity contribution in [1.29, 1.82) is 0 Å². The highest BCUT2D eigenvalue weighted by molar-refractivity contribution is 14.1. The van der Waals surface area contributed by atoms with Gasteiger partial charge in [-0.25, -0.2) is 13.6 Å². The molecular weight excluding hydrogens is 383 g/mol. The van der Waals surface area contributed by atoms with Crippen molar-refractivity contribution in [3.63, 3.8) is 0 Å². The van der Waals surface area contributed by atoms with Crippen LogP contribution in [-0.4, -0.2) is 28.7 Å². The van der Waals surface area contributed by atoms with Crippen molar-refractivity contribution in [3.05, 3.63) is 33.1 Å². The highest BCUT2D eigenvalue weighted by atomic mass is 127. The lowest BCUT2D eigenvalue weighted by Crippen LogP contribution is -2.46. The number of carboxylic acid groups (broad SMARTS) is 1. The summed E-state index contributed by atoms with van der Waals surface area (Å²) in [5.41, 5.74) is -1.77. The van der Waals surface area contributed by atoms with Crippen LogP contribution < -0.4 is 5.32 Å². The van der Waals surface area contributed by atoms with Gasteiger partial charge in [0, 0.05) is 9.99 Å². The zero-order valence-electron chi connectivity index (χ0n) is 10.3. The van der Waals surface area contributed by atoms with E-state index in [1.165, 1.54) is 12.1 Å². The zero-order chi connectivity index (χ0) is 14.9. The molecule has 0 saturated heterocycles. The largest absolute Gasteiger partial charge is 0.480 e. The van der Waals surface area contributed by atoms with Crippen molar-refractivity contribution >= 4 is 34.5 Å². The topological polar surface area (TPSA) is 66.4 Å². The molecule has 1 aromatic carbocycles. The summed E-state index contributed by atoms with van der Waals surface area (Å²) >= 11 is 1.97. The molecule has 1 saturated carbocycles. The molecule has 0 spiro atoms. The van der Waals surface area contributed by atoms with E-state index in [1.807, 2.05) is 22.6 Å². The Morgan fingerprint density at radius 1 is 1.45 bits per heavy atom. The van der Waals surface area contributed by atoms with Gasteiger partial charge in [-0.15, -0.1) is 0 Å². The number of rotatable bonds is 5. The fourth-order valence-electron chi connectivity index (χ4n) is 1.74. The maximum atomic E-state index is 13.6. The summed E-state index contributed by atoms with van der Waals surface area (Å²) in [4.78, 5) is 22.7. The van der Waals surface area contributed by atoms with E-state index in [1.54, 1.807) is 6.07 Å². The molecule has 1 amide bonds. The van der Waals surface area contributed by atoms with Gasteiger partial charge < -0.3 is 10.4 Å². The predicted molar refractivity (Wildman–Crippen MR) is 75.5 cm³/mol. The number of halogens is 3. The molecule has 1 atom stereocenters. The van der Waals surface area contributed by atoms with Crippen LogP contribution >= 0.6 is 22.6 Å². The summed E-state index contributed by atoms with van der Waals surface area (Å²) in [5.74, 6) is -2.80. The van der Waals surface area contributed by atoms with E-state index in [4.69, 9.17) is 5.11 Å². The normalized spacial score (nSPS) is 17.4. The second-order valence-electron chi connectivity index (χ2n) is 4.77. The van der Waals surface area contributed by atoms with Gasteiger partial charge in [0.05, 0.1) is 0 Å². The minimum absolute atomic E-state index is 0.1000. The van der Waals surface area contributed by atoms with Gasteiger partial charge in [0.2, 0.25) is 0 Å². The number of hydrogen-bond acceptors (Lipinski definition) is 2. The van der Waals surface area contributed by atoms with Gasteiger partial charge in [-0.1, -0.05) is 0 Å². The molecule has 0 aromatic heterocycles. The molecule has 0 aliphatic heterocycles.